The van der Waals surface area contributed by atoms with Gasteiger partial charge in [-0.3, -0.25) is 0 Å². The second-order valence-corrected chi connectivity index (χ2v) is 4.59. The van der Waals surface area contributed by atoms with Gasteiger partial charge in [0.2, 0.25) is 0 Å². The molecule has 0 fully saturated rings. The third-order valence-corrected chi connectivity index (χ3v) is 3.39. The summed E-state index contributed by atoms with van der Waals surface area (Å²) in [6.07, 6.45) is 5.82. The van der Waals surface area contributed by atoms with E-state index in [0.717, 1.165) is 24.2 Å². The number of hydrogen-bond donors (Lipinski definition) is 1. The molecule has 0 spiro atoms. The van der Waals surface area contributed by atoms with Crippen LogP contribution in [0.2, 0.25) is 0 Å². The largest absolute Gasteiger partial charge is 0.334 e. The lowest BCUT2D eigenvalue weighted by Crippen LogP contribution is -2.08. The molecule has 0 saturated carbocycles. The van der Waals surface area contributed by atoms with E-state index in [0.29, 0.717) is 6.54 Å². The highest BCUT2D eigenvalue weighted by molar-refractivity contribution is 5.59. The average Bonchev–Trinajstić information content (AvgIpc) is 2.82. The van der Waals surface area contributed by atoms with Gasteiger partial charge in [0.15, 0.2) is 0 Å². The van der Waals surface area contributed by atoms with Gasteiger partial charge in [0, 0.05) is 31.3 Å². The molecule has 3 rings (SSSR count). The van der Waals surface area contributed by atoms with Crippen LogP contribution in [0.4, 0.5) is 0 Å². The van der Waals surface area contributed by atoms with Gasteiger partial charge < -0.3 is 10.3 Å². The second kappa shape index (κ2) is 4.34. The Morgan fingerprint density at radius 1 is 1.18 bits per heavy atom. The summed E-state index contributed by atoms with van der Waals surface area (Å²) >= 11 is 0. The van der Waals surface area contributed by atoms with Gasteiger partial charge in [-0.2, -0.15) is 0 Å². The van der Waals surface area contributed by atoms with Crippen LogP contribution >= 0.6 is 0 Å². The SMILES string of the molecule is NCc1ccc(-c2cn3c(n2)CCCC3)cc1. The Balaban J connectivity index is 1.94. The Kier molecular flexibility index (Phi) is 2.69. The third-order valence-electron chi connectivity index (χ3n) is 3.39. The Labute approximate surface area is 101 Å². The predicted molar refractivity (Wildman–Crippen MR) is 68.5 cm³/mol. The monoisotopic (exact) mass is 227 g/mol. The third kappa shape index (κ3) is 1.98. The van der Waals surface area contributed by atoms with E-state index >= 15 is 0 Å². The van der Waals surface area contributed by atoms with Gasteiger partial charge in [0.05, 0.1) is 5.69 Å². The Bertz CT molecular complexity index is 487. The van der Waals surface area contributed by atoms with Crippen molar-refractivity contribution in [3.8, 4) is 11.3 Å². The van der Waals surface area contributed by atoms with Crippen molar-refractivity contribution in [3.63, 3.8) is 0 Å². The number of nitrogens with zero attached hydrogens (tertiary/aromatic N) is 2. The second-order valence-electron chi connectivity index (χ2n) is 4.59. The fourth-order valence-electron chi connectivity index (χ4n) is 2.36. The number of nitrogens with two attached hydrogens (primary N) is 1. The van der Waals surface area contributed by atoms with Crippen LogP contribution in [-0.4, -0.2) is 9.55 Å². The van der Waals surface area contributed by atoms with Gasteiger partial charge in [-0.25, -0.2) is 4.98 Å². The summed E-state index contributed by atoms with van der Waals surface area (Å²) in [4.78, 5) is 4.71. The van der Waals surface area contributed by atoms with E-state index in [1.54, 1.807) is 0 Å². The molecule has 1 aromatic carbocycles. The van der Waals surface area contributed by atoms with Gasteiger partial charge in [-0.1, -0.05) is 24.3 Å². The van der Waals surface area contributed by atoms with Crippen LogP contribution in [0.25, 0.3) is 11.3 Å². The van der Waals surface area contributed by atoms with E-state index in [1.807, 2.05) is 0 Å². The zero-order valence-electron chi connectivity index (χ0n) is 9.89. The molecule has 2 N–H and O–H groups in total. The number of aromatic nitrogens is 2. The molecule has 3 heteroatoms. The molecule has 0 atom stereocenters. The highest BCUT2D eigenvalue weighted by Gasteiger charge is 2.12. The molecule has 88 valence electrons. The molecule has 17 heavy (non-hydrogen) atoms. The van der Waals surface area contributed by atoms with Crippen LogP contribution in [0.3, 0.4) is 0 Å². The Morgan fingerprint density at radius 2 is 2.00 bits per heavy atom. The molecule has 0 saturated heterocycles. The molecular formula is C14H17N3. The van der Waals surface area contributed by atoms with Crippen molar-refractivity contribution >= 4 is 0 Å². The van der Waals surface area contributed by atoms with Crippen LogP contribution in [-0.2, 0) is 19.5 Å². The van der Waals surface area contributed by atoms with Crippen molar-refractivity contribution in [1.82, 2.24) is 9.55 Å². The molecule has 1 aromatic heterocycles. The van der Waals surface area contributed by atoms with E-state index in [4.69, 9.17) is 10.7 Å². The highest BCUT2D eigenvalue weighted by atomic mass is 15.1. The molecule has 0 unspecified atom stereocenters. The maximum atomic E-state index is 5.60. The summed E-state index contributed by atoms with van der Waals surface area (Å²) in [5.74, 6) is 1.23. The van der Waals surface area contributed by atoms with Crippen molar-refractivity contribution in [1.29, 1.82) is 0 Å². The van der Waals surface area contributed by atoms with Gasteiger partial charge in [0.1, 0.15) is 5.82 Å². The zero-order chi connectivity index (χ0) is 11.7. The number of rotatable bonds is 2. The first kappa shape index (κ1) is 10.5. The van der Waals surface area contributed by atoms with E-state index in [9.17, 15) is 0 Å². The minimum absolute atomic E-state index is 0.597. The van der Waals surface area contributed by atoms with Gasteiger partial charge in [-0.05, 0) is 18.4 Å². The lowest BCUT2D eigenvalue weighted by atomic mass is 10.1. The van der Waals surface area contributed by atoms with Crippen LogP contribution in [0.1, 0.15) is 24.2 Å². The van der Waals surface area contributed by atoms with Crippen molar-refractivity contribution in [2.45, 2.75) is 32.4 Å². The van der Waals surface area contributed by atoms with Crippen LogP contribution in [0, 0.1) is 0 Å². The van der Waals surface area contributed by atoms with Crippen LogP contribution < -0.4 is 5.73 Å². The average molecular weight is 227 g/mol. The highest BCUT2D eigenvalue weighted by Crippen LogP contribution is 2.22. The molecular weight excluding hydrogens is 210 g/mol. The van der Waals surface area contributed by atoms with Gasteiger partial charge >= 0.3 is 0 Å². The molecule has 0 bridgehead atoms. The topological polar surface area (TPSA) is 43.8 Å². The molecule has 0 radical (unpaired) electrons. The number of aryl methyl sites for hydroxylation is 2. The smallest absolute Gasteiger partial charge is 0.109 e. The minimum atomic E-state index is 0.597. The molecule has 2 heterocycles. The molecule has 0 amide bonds. The fourth-order valence-corrected chi connectivity index (χ4v) is 2.36. The van der Waals surface area contributed by atoms with Crippen molar-refractivity contribution in [3.05, 3.63) is 41.9 Å². The summed E-state index contributed by atoms with van der Waals surface area (Å²) in [6, 6.07) is 8.37. The molecule has 2 aromatic rings. The maximum absolute atomic E-state index is 5.60. The molecule has 0 aliphatic carbocycles. The number of fused-ring (bicyclic) bond motifs is 1. The summed E-state index contributed by atoms with van der Waals surface area (Å²) < 4.78 is 2.29. The van der Waals surface area contributed by atoms with E-state index in [2.05, 4.69) is 35.0 Å². The number of imidazole rings is 1. The van der Waals surface area contributed by atoms with Crippen molar-refractivity contribution in [2.75, 3.05) is 0 Å². The number of hydrogen-bond acceptors (Lipinski definition) is 2. The quantitative estimate of drug-likeness (QED) is 0.855. The fraction of sp³-hybridized carbons (Fsp3) is 0.357. The van der Waals surface area contributed by atoms with E-state index < -0.39 is 0 Å². The minimum Gasteiger partial charge on any atom is -0.334 e. The Hall–Kier alpha value is -1.61. The zero-order valence-corrected chi connectivity index (χ0v) is 9.89. The van der Waals surface area contributed by atoms with E-state index in [-0.39, 0.29) is 0 Å². The maximum Gasteiger partial charge on any atom is 0.109 e. The van der Waals surface area contributed by atoms with Crippen LogP contribution in [0.5, 0.6) is 0 Å². The lowest BCUT2D eigenvalue weighted by molar-refractivity contribution is 0.522. The predicted octanol–water partition coefficient (Wildman–Crippen LogP) is 2.35. The summed E-state index contributed by atoms with van der Waals surface area (Å²) in [5.41, 5.74) is 9.04. The first-order valence-corrected chi connectivity index (χ1v) is 6.22. The number of benzene rings is 1. The molecule has 1 aliphatic rings. The first-order chi connectivity index (χ1) is 8.36. The van der Waals surface area contributed by atoms with Crippen LogP contribution in [0.15, 0.2) is 30.5 Å². The van der Waals surface area contributed by atoms with Crippen molar-refractivity contribution in [2.24, 2.45) is 5.73 Å². The summed E-state index contributed by atoms with van der Waals surface area (Å²) in [5, 5.41) is 0. The standard InChI is InChI=1S/C14H17N3/c15-9-11-4-6-12(7-5-11)13-10-17-8-2-1-3-14(17)16-13/h4-7,10H,1-3,8-9,15H2. The lowest BCUT2D eigenvalue weighted by Gasteiger charge is -2.11. The van der Waals surface area contributed by atoms with E-state index in [1.165, 1.54) is 24.2 Å². The van der Waals surface area contributed by atoms with Crippen molar-refractivity contribution < 1.29 is 0 Å². The normalized spacial score (nSPS) is 14.6. The summed E-state index contributed by atoms with van der Waals surface area (Å²) in [6.45, 7) is 1.71. The summed E-state index contributed by atoms with van der Waals surface area (Å²) in [7, 11) is 0. The van der Waals surface area contributed by atoms with Gasteiger partial charge in [0.25, 0.3) is 0 Å². The Morgan fingerprint density at radius 3 is 2.71 bits per heavy atom. The molecule has 3 nitrogen and oxygen atoms in total. The molecule has 1 aliphatic heterocycles. The first-order valence-electron chi connectivity index (χ1n) is 6.22. The van der Waals surface area contributed by atoms with Gasteiger partial charge in [-0.15, -0.1) is 0 Å².